The fraction of sp³-hybridized carbons (Fsp3) is 1.00. The van der Waals surface area contributed by atoms with Crippen molar-refractivity contribution in [3.05, 3.63) is 0 Å². The summed E-state index contributed by atoms with van der Waals surface area (Å²) < 4.78 is 11.9. The molecule has 0 amide bonds. The molecule has 5 N–H and O–H groups in total. The van der Waals surface area contributed by atoms with Gasteiger partial charge < -0.3 is 35.0 Å². The van der Waals surface area contributed by atoms with Crippen molar-refractivity contribution in [2.45, 2.75) is 74.3 Å². The van der Waals surface area contributed by atoms with Crippen LogP contribution >= 0.6 is 0 Å². The molecule has 1 aliphatic heterocycles. The van der Waals surface area contributed by atoms with E-state index in [4.69, 9.17) is 9.47 Å². The lowest BCUT2D eigenvalue weighted by molar-refractivity contribution is -0.325. The van der Waals surface area contributed by atoms with Gasteiger partial charge in [-0.05, 0) is 25.8 Å². The molecule has 13 unspecified atom stereocenters. The van der Waals surface area contributed by atoms with Crippen molar-refractivity contribution in [2.24, 2.45) is 34.5 Å². The van der Waals surface area contributed by atoms with Gasteiger partial charge in [0.05, 0.1) is 42.2 Å². The molecule has 6 aliphatic rings. The van der Waals surface area contributed by atoms with Crippen LogP contribution in [-0.2, 0) is 9.47 Å². The third-order valence-electron chi connectivity index (χ3n) is 11.1. The summed E-state index contributed by atoms with van der Waals surface area (Å²) in [5, 5.41) is 58.8. The van der Waals surface area contributed by atoms with E-state index in [0.717, 1.165) is 0 Å². The summed E-state index contributed by atoms with van der Waals surface area (Å²) in [6.45, 7) is 3.37. The van der Waals surface area contributed by atoms with Crippen molar-refractivity contribution >= 4 is 0 Å². The third-order valence-corrected chi connectivity index (χ3v) is 11.1. The molecule has 0 radical (unpaired) electrons. The molecule has 13 atom stereocenters. The monoisotopic (exact) mass is 439 g/mol. The SMILES string of the molecule is CCN1CC2(CO)CCC(O)C34C1C(C(OC)C23)C1(O)CC(OC)C2CC4(O)C1C2O. The van der Waals surface area contributed by atoms with Gasteiger partial charge in [0.15, 0.2) is 0 Å². The van der Waals surface area contributed by atoms with Crippen LogP contribution in [0.2, 0.25) is 0 Å². The summed E-state index contributed by atoms with van der Waals surface area (Å²) in [7, 11) is 3.24. The van der Waals surface area contributed by atoms with E-state index in [2.05, 4.69) is 11.8 Å². The molecule has 0 aromatic heterocycles. The molecule has 8 nitrogen and oxygen atoms in total. The molecule has 5 aliphatic carbocycles. The Morgan fingerprint density at radius 1 is 1.06 bits per heavy atom. The zero-order valence-electron chi connectivity index (χ0n) is 18.6. The lowest BCUT2D eigenvalue weighted by atomic mass is 9.41. The Hall–Kier alpha value is -0.320. The van der Waals surface area contributed by atoms with Crippen LogP contribution in [0.3, 0.4) is 0 Å². The highest BCUT2D eigenvalue weighted by molar-refractivity contribution is 5.40. The highest BCUT2D eigenvalue weighted by atomic mass is 16.5. The van der Waals surface area contributed by atoms with Gasteiger partial charge in [-0.2, -0.15) is 0 Å². The first-order valence-electron chi connectivity index (χ1n) is 11.9. The normalized spacial score (nSPS) is 64.1. The van der Waals surface area contributed by atoms with Crippen molar-refractivity contribution in [2.75, 3.05) is 33.9 Å². The first kappa shape index (κ1) is 21.2. The van der Waals surface area contributed by atoms with Crippen LogP contribution in [0.25, 0.3) is 0 Å². The van der Waals surface area contributed by atoms with E-state index in [1.807, 2.05) is 0 Å². The second kappa shape index (κ2) is 6.21. The second-order valence-electron chi connectivity index (χ2n) is 11.4. The summed E-state index contributed by atoms with van der Waals surface area (Å²) in [5.74, 6) is -1.73. The molecule has 5 saturated carbocycles. The molecule has 8 heteroatoms. The van der Waals surface area contributed by atoms with Crippen LogP contribution in [0.1, 0.15) is 32.6 Å². The lowest BCUT2D eigenvalue weighted by Gasteiger charge is -2.70. The van der Waals surface area contributed by atoms with Gasteiger partial charge >= 0.3 is 0 Å². The summed E-state index contributed by atoms with van der Waals surface area (Å²) in [5.41, 5.74) is -4.33. The third kappa shape index (κ3) is 1.93. The van der Waals surface area contributed by atoms with Crippen molar-refractivity contribution in [3.8, 4) is 0 Å². The van der Waals surface area contributed by atoms with Gasteiger partial charge in [0, 0.05) is 67.7 Å². The minimum atomic E-state index is -1.47. The van der Waals surface area contributed by atoms with E-state index in [1.165, 1.54) is 0 Å². The van der Waals surface area contributed by atoms with E-state index in [1.54, 1.807) is 14.2 Å². The number of aliphatic hydroxyl groups is 5. The first-order valence-corrected chi connectivity index (χ1v) is 11.9. The number of hydrogen-bond donors (Lipinski definition) is 5. The van der Waals surface area contributed by atoms with Gasteiger partial charge in [0.1, 0.15) is 0 Å². The van der Waals surface area contributed by atoms with Crippen molar-refractivity contribution < 1.29 is 35.0 Å². The van der Waals surface area contributed by atoms with Gasteiger partial charge in [-0.1, -0.05) is 6.92 Å². The van der Waals surface area contributed by atoms with Crippen molar-refractivity contribution in [3.63, 3.8) is 0 Å². The average Bonchev–Trinajstić information content (AvgIpc) is 3.13. The van der Waals surface area contributed by atoms with Gasteiger partial charge in [-0.3, -0.25) is 4.90 Å². The van der Waals surface area contributed by atoms with Crippen LogP contribution in [0.15, 0.2) is 0 Å². The van der Waals surface area contributed by atoms with E-state index >= 15 is 0 Å². The van der Waals surface area contributed by atoms with E-state index in [9.17, 15) is 25.5 Å². The van der Waals surface area contributed by atoms with Gasteiger partial charge in [-0.25, -0.2) is 0 Å². The number of rotatable bonds is 4. The fourth-order valence-electron chi connectivity index (χ4n) is 10.5. The Morgan fingerprint density at radius 3 is 2.42 bits per heavy atom. The molecule has 7 bridgehead atoms. The van der Waals surface area contributed by atoms with Crippen molar-refractivity contribution in [1.82, 2.24) is 4.90 Å². The Bertz CT molecular complexity index is 783. The Kier molecular flexibility index (Phi) is 4.26. The summed E-state index contributed by atoms with van der Waals surface area (Å²) in [4.78, 5) is 2.27. The van der Waals surface area contributed by atoms with Gasteiger partial charge in [0.25, 0.3) is 0 Å². The Morgan fingerprint density at radius 2 is 1.81 bits per heavy atom. The largest absolute Gasteiger partial charge is 0.396 e. The van der Waals surface area contributed by atoms with Crippen LogP contribution in [0.5, 0.6) is 0 Å². The smallest absolute Gasteiger partial charge is 0.0832 e. The maximum atomic E-state index is 12.6. The number of methoxy groups -OCH3 is 2. The van der Waals surface area contributed by atoms with Crippen LogP contribution in [0, 0.1) is 34.5 Å². The number of fused-ring (bicyclic) bond motifs is 2. The quantitative estimate of drug-likeness (QED) is 0.377. The van der Waals surface area contributed by atoms with Crippen LogP contribution < -0.4 is 0 Å². The number of nitrogens with zero attached hydrogens (tertiary/aromatic N) is 1. The molecule has 1 heterocycles. The standard InChI is InChI=1S/C23H37NO7/c1-4-24-9-20(10-25)6-5-13(26)23-18(20)16(31-3)14(19(23)24)21(28)8-12(30-2)11-7-22(23,29)17(21)15(11)27/h11-19,25-29H,4-10H2,1-3H3. The van der Waals surface area contributed by atoms with Gasteiger partial charge in [-0.15, -0.1) is 0 Å². The molecular formula is C23H37NO7. The predicted molar refractivity (Wildman–Crippen MR) is 109 cm³/mol. The summed E-state index contributed by atoms with van der Waals surface area (Å²) in [6.07, 6.45) is -0.720. The molecule has 1 saturated heterocycles. The minimum absolute atomic E-state index is 0.0478. The number of ether oxygens (including phenoxy) is 2. The fourth-order valence-corrected chi connectivity index (χ4v) is 10.5. The summed E-state index contributed by atoms with van der Waals surface area (Å²) in [6, 6.07) is -0.282. The van der Waals surface area contributed by atoms with E-state index in [0.29, 0.717) is 32.4 Å². The number of likely N-dealkylation sites (tertiary alicyclic amines) is 1. The molecule has 0 aromatic carbocycles. The predicted octanol–water partition coefficient (Wildman–Crippen LogP) is -1.04. The number of aliphatic hydroxyl groups excluding tert-OH is 3. The Labute approximate surface area is 183 Å². The molecule has 0 aromatic rings. The number of piperidine rings is 1. The van der Waals surface area contributed by atoms with E-state index < -0.39 is 46.3 Å². The maximum absolute atomic E-state index is 12.6. The molecule has 31 heavy (non-hydrogen) atoms. The Balaban J connectivity index is 1.68. The second-order valence-corrected chi connectivity index (χ2v) is 11.4. The van der Waals surface area contributed by atoms with E-state index in [-0.39, 0.29) is 42.9 Å². The topological polar surface area (TPSA) is 123 Å². The maximum Gasteiger partial charge on any atom is 0.0832 e. The number of hydrogen-bond acceptors (Lipinski definition) is 8. The molecule has 6 rings (SSSR count). The molecular weight excluding hydrogens is 402 g/mol. The van der Waals surface area contributed by atoms with Crippen LogP contribution in [-0.4, -0.2) is 106 Å². The highest BCUT2D eigenvalue weighted by Crippen LogP contribution is 2.80. The zero-order chi connectivity index (χ0) is 22.1. The average molecular weight is 440 g/mol. The van der Waals surface area contributed by atoms with Crippen LogP contribution in [0.4, 0.5) is 0 Å². The minimum Gasteiger partial charge on any atom is -0.396 e. The zero-order valence-corrected chi connectivity index (χ0v) is 18.6. The lowest BCUT2D eigenvalue weighted by Crippen LogP contribution is -2.81. The molecule has 1 spiro atoms. The molecule has 176 valence electrons. The molecule has 6 fully saturated rings. The van der Waals surface area contributed by atoms with Gasteiger partial charge in [0.2, 0.25) is 0 Å². The van der Waals surface area contributed by atoms with Crippen molar-refractivity contribution in [1.29, 1.82) is 0 Å². The first-order chi connectivity index (χ1) is 14.7. The summed E-state index contributed by atoms with van der Waals surface area (Å²) >= 11 is 0. The highest BCUT2D eigenvalue weighted by Gasteiger charge is 2.90.